The van der Waals surface area contributed by atoms with Crippen molar-refractivity contribution in [2.75, 3.05) is 6.54 Å². The molecule has 2 heteroatoms. The zero-order valence-corrected chi connectivity index (χ0v) is 12.3. The quantitative estimate of drug-likeness (QED) is 0.695. The molecule has 0 heterocycles. The van der Waals surface area contributed by atoms with Gasteiger partial charge in [-0.05, 0) is 39.6 Å². The van der Waals surface area contributed by atoms with Gasteiger partial charge in [-0.1, -0.05) is 55.5 Å². The Morgan fingerprint density at radius 3 is 2.10 bits per heavy atom. The highest BCUT2D eigenvalue weighted by Crippen LogP contribution is 2.28. The van der Waals surface area contributed by atoms with Crippen LogP contribution in [0.2, 0.25) is 0 Å². The molecule has 0 aliphatic heterocycles. The second kappa shape index (κ2) is 6.25. The monoisotopic (exact) mass is 279 g/mol. The van der Waals surface area contributed by atoms with Crippen molar-refractivity contribution >= 4 is 21.5 Å². The summed E-state index contributed by atoms with van der Waals surface area (Å²) in [6.07, 6.45) is 0.509. The van der Waals surface area contributed by atoms with Crippen LogP contribution in [0.15, 0.2) is 54.6 Å². The molecule has 21 heavy (non-hydrogen) atoms. The molecular weight excluding hydrogens is 258 g/mol. The molecule has 3 aromatic rings. The number of benzene rings is 3. The van der Waals surface area contributed by atoms with E-state index in [9.17, 15) is 5.11 Å². The molecule has 2 N–H and O–H groups in total. The summed E-state index contributed by atoms with van der Waals surface area (Å²) < 4.78 is 0. The molecule has 0 radical (unpaired) electrons. The Balaban J connectivity index is 2.03. The van der Waals surface area contributed by atoms with Crippen LogP contribution >= 0.6 is 0 Å². The van der Waals surface area contributed by atoms with Gasteiger partial charge in [-0.2, -0.15) is 0 Å². The van der Waals surface area contributed by atoms with Crippen LogP contribution in [-0.2, 0) is 6.54 Å². The Hall–Kier alpha value is -1.90. The average Bonchev–Trinajstić information content (AvgIpc) is 2.54. The summed E-state index contributed by atoms with van der Waals surface area (Å²) in [7, 11) is 0. The van der Waals surface area contributed by atoms with Crippen molar-refractivity contribution in [1.29, 1.82) is 0 Å². The predicted molar refractivity (Wildman–Crippen MR) is 89.5 cm³/mol. The van der Waals surface area contributed by atoms with Crippen LogP contribution in [0, 0.1) is 0 Å². The molecule has 0 fully saturated rings. The van der Waals surface area contributed by atoms with Crippen LogP contribution in [-0.4, -0.2) is 17.8 Å². The van der Waals surface area contributed by atoms with Gasteiger partial charge in [0.25, 0.3) is 0 Å². The number of aliphatic hydroxyl groups is 1. The maximum atomic E-state index is 9.70. The largest absolute Gasteiger partial charge is 0.392 e. The van der Waals surface area contributed by atoms with E-state index in [0.717, 1.165) is 13.0 Å². The third-order valence-electron chi connectivity index (χ3n) is 4.04. The maximum Gasteiger partial charge on any atom is 0.0662 e. The van der Waals surface area contributed by atoms with Gasteiger partial charge in [-0.15, -0.1) is 0 Å². The SMILES string of the molecule is CC[C@H](O)CNCc1c2ccccc2cc2ccccc12. The molecule has 0 unspecified atom stereocenters. The lowest BCUT2D eigenvalue weighted by atomic mass is 9.97. The number of aliphatic hydroxyl groups excluding tert-OH is 1. The van der Waals surface area contributed by atoms with Crippen LogP contribution in [0.3, 0.4) is 0 Å². The van der Waals surface area contributed by atoms with Gasteiger partial charge in [0.1, 0.15) is 0 Å². The number of nitrogens with one attached hydrogen (secondary N) is 1. The predicted octanol–water partition coefficient (Wildman–Crippen LogP) is 3.85. The van der Waals surface area contributed by atoms with Gasteiger partial charge in [0, 0.05) is 13.1 Å². The number of hydrogen-bond donors (Lipinski definition) is 2. The van der Waals surface area contributed by atoms with Crippen molar-refractivity contribution in [3.63, 3.8) is 0 Å². The van der Waals surface area contributed by atoms with Gasteiger partial charge >= 0.3 is 0 Å². The smallest absolute Gasteiger partial charge is 0.0662 e. The Bertz CT molecular complexity index is 697. The molecule has 3 rings (SSSR count). The van der Waals surface area contributed by atoms with Crippen molar-refractivity contribution in [2.24, 2.45) is 0 Å². The van der Waals surface area contributed by atoms with E-state index in [2.05, 4.69) is 59.9 Å². The van der Waals surface area contributed by atoms with Crippen molar-refractivity contribution in [3.8, 4) is 0 Å². The minimum Gasteiger partial charge on any atom is -0.392 e. The minimum atomic E-state index is -0.272. The van der Waals surface area contributed by atoms with E-state index in [0.29, 0.717) is 6.54 Å². The highest BCUT2D eigenvalue weighted by Gasteiger charge is 2.07. The van der Waals surface area contributed by atoms with Crippen molar-refractivity contribution in [3.05, 3.63) is 60.2 Å². The van der Waals surface area contributed by atoms with Crippen LogP contribution < -0.4 is 5.32 Å². The van der Waals surface area contributed by atoms with Gasteiger partial charge in [0.2, 0.25) is 0 Å². The van der Waals surface area contributed by atoms with Gasteiger partial charge in [-0.25, -0.2) is 0 Å². The second-order valence-electron chi connectivity index (χ2n) is 5.49. The first-order chi connectivity index (χ1) is 10.3. The summed E-state index contributed by atoms with van der Waals surface area (Å²) in [6.45, 7) is 3.41. The van der Waals surface area contributed by atoms with E-state index >= 15 is 0 Å². The Morgan fingerprint density at radius 2 is 1.52 bits per heavy atom. The molecule has 0 aliphatic rings. The third kappa shape index (κ3) is 2.92. The summed E-state index contributed by atoms with van der Waals surface area (Å²) in [6, 6.07) is 19.2. The molecular formula is C19H21NO. The first-order valence-electron chi connectivity index (χ1n) is 7.57. The lowest BCUT2D eigenvalue weighted by molar-refractivity contribution is 0.167. The molecule has 0 bridgehead atoms. The van der Waals surface area contributed by atoms with E-state index in [4.69, 9.17) is 0 Å². The lowest BCUT2D eigenvalue weighted by Crippen LogP contribution is -2.25. The number of rotatable bonds is 5. The highest BCUT2D eigenvalue weighted by molar-refractivity contribution is 6.02. The Morgan fingerprint density at radius 1 is 0.952 bits per heavy atom. The van der Waals surface area contributed by atoms with E-state index in [1.54, 1.807) is 0 Å². The van der Waals surface area contributed by atoms with Gasteiger partial charge < -0.3 is 10.4 Å². The number of hydrogen-bond acceptors (Lipinski definition) is 2. The molecule has 0 amide bonds. The summed E-state index contributed by atoms with van der Waals surface area (Å²) in [5.41, 5.74) is 1.31. The topological polar surface area (TPSA) is 32.3 Å². The highest BCUT2D eigenvalue weighted by atomic mass is 16.3. The molecule has 2 nitrogen and oxygen atoms in total. The standard InChI is InChI=1S/C19H21NO/c1-2-16(21)12-20-13-19-17-9-5-3-7-14(17)11-15-8-4-6-10-18(15)19/h3-11,16,20-21H,2,12-13H2,1H3/t16-/m0/s1. The molecule has 0 aliphatic carbocycles. The fourth-order valence-corrected chi connectivity index (χ4v) is 2.81. The second-order valence-corrected chi connectivity index (χ2v) is 5.49. The molecule has 0 spiro atoms. The van der Waals surface area contributed by atoms with E-state index < -0.39 is 0 Å². The Labute approximate surface area is 125 Å². The van der Waals surface area contributed by atoms with Crippen molar-refractivity contribution < 1.29 is 5.11 Å². The molecule has 0 saturated carbocycles. The Kier molecular flexibility index (Phi) is 4.18. The van der Waals surface area contributed by atoms with Gasteiger partial charge in [0.05, 0.1) is 6.10 Å². The first kappa shape index (κ1) is 14.1. The molecule has 0 saturated heterocycles. The summed E-state index contributed by atoms with van der Waals surface area (Å²) >= 11 is 0. The van der Waals surface area contributed by atoms with Crippen LogP contribution in [0.4, 0.5) is 0 Å². The zero-order chi connectivity index (χ0) is 14.7. The van der Waals surface area contributed by atoms with Crippen molar-refractivity contribution in [2.45, 2.75) is 26.0 Å². The third-order valence-corrected chi connectivity index (χ3v) is 4.04. The summed E-state index contributed by atoms with van der Waals surface area (Å²) in [5.74, 6) is 0. The van der Waals surface area contributed by atoms with Gasteiger partial charge in [-0.3, -0.25) is 0 Å². The molecule has 108 valence electrons. The summed E-state index contributed by atoms with van der Waals surface area (Å²) in [4.78, 5) is 0. The van der Waals surface area contributed by atoms with E-state index in [1.807, 2.05) is 6.92 Å². The molecule has 3 aromatic carbocycles. The van der Waals surface area contributed by atoms with Gasteiger partial charge in [0.15, 0.2) is 0 Å². The number of fused-ring (bicyclic) bond motifs is 2. The maximum absolute atomic E-state index is 9.70. The average molecular weight is 279 g/mol. The molecule has 0 aromatic heterocycles. The van der Waals surface area contributed by atoms with Crippen LogP contribution in [0.1, 0.15) is 18.9 Å². The van der Waals surface area contributed by atoms with Crippen LogP contribution in [0.25, 0.3) is 21.5 Å². The zero-order valence-electron chi connectivity index (χ0n) is 12.3. The minimum absolute atomic E-state index is 0.272. The molecule has 1 atom stereocenters. The first-order valence-corrected chi connectivity index (χ1v) is 7.57. The normalized spacial score (nSPS) is 12.9. The van der Waals surface area contributed by atoms with E-state index in [1.165, 1.54) is 27.1 Å². The van der Waals surface area contributed by atoms with Crippen LogP contribution in [0.5, 0.6) is 0 Å². The van der Waals surface area contributed by atoms with E-state index in [-0.39, 0.29) is 6.10 Å². The summed E-state index contributed by atoms with van der Waals surface area (Å²) in [5, 5.41) is 18.2. The van der Waals surface area contributed by atoms with Crippen molar-refractivity contribution in [1.82, 2.24) is 5.32 Å². The fraction of sp³-hybridized carbons (Fsp3) is 0.263. The lowest BCUT2D eigenvalue weighted by Gasteiger charge is -2.14. The fourth-order valence-electron chi connectivity index (χ4n) is 2.81.